The van der Waals surface area contributed by atoms with Gasteiger partial charge in [-0.15, -0.1) is 0 Å². The minimum Gasteiger partial charge on any atom is -0.314 e. The first-order valence-electron chi connectivity index (χ1n) is 5.10. The summed E-state index contributed by atoms with van der Waals surface area (Å²) in [5.41, 5.74) is 0. The minimum absolute atomic E-state index is 0.0640. The van der Waals surface area contributed by atoms with E-state index in [2.05, 4.69) is 26.1 Å². The van der Waals surface area contributed by atoms with Crippen molar-refractivity contribution in [3.63, 3.8) is 0 Å². The molecule has 0 aliphatic carbocycles. The molecule has 0 amide bonds. The summed E-state index contributed by atoms with van der Waals surface area (Å²) >= 11 is 0. The molecule has 0 rings (SSSR count). The highest BCUT2D eigenvalue weighted by Gasteiger charge is 2.09. The Labute approximate surface area is 87.3 Å². The summed E-state index contributed by atoms with van der Waals surface area (Å²) in [5, 5.41) is 8.21. The molecule has 4 nitrogen and oxygen atoms in total. The van der Waals surface area contributed by atoms with Gasteiger partial charge in [0.15, 0.2) is 0 Å². The highest BCUT2D eigenvalue weighted by Crippen LogP contribution is 2.04. The van der Waals surface area contributed by atoms with Crippen LogP contribution in [0.2, 0.25) is 0 Å². The molecular formula is C9H22N2O2S. The van der Waals surface area contributed by atoms with Gasteiger partial charge in [0.2, 0.25) is 10.0 Å². The van der Waals surface area contributed by atoms with Gasteiger partial charge in [-0.25, -0.2) is 13.6 Å². The van der Waals surface area contributed by atoms with Crippen LogP contribution in [0, 0.1) is 5.92 Å². The van der Waals surface area contributed by atoms with Gasteiger partial charge in [-0.2, -0.15) is 0 Å². The van der Waals surface area contributed by atoms with Crippen molar-refractivity contribution >= 4 is 10.0 Å². The van der Waals surface area contributed by atoms with Gasteiger partial charge in [-0.1, -0.05) is 20.8 Å². The highest BCUT2D eigenvalue weighted by molar-refractivity contribution is 7.89. The van der Waals surface area contributed by atoms with E-state index in [4.69, 9.17) is 5.14 Å². The van der Waals surface area contributed by atoms with Crippen LogP contribution in [0.25, 0.3) is 0 Å². The van der Waals surface area contributed by atoms with Gasteiger partial charge in [-0.3, -0.25) is 0 Å². The van der Waals surface area contributed by atoms with E-state index in [-0.39, 0.29) is 5.75 Å². The van der Waals surface area contributed by atoms with Crippen LogP contribution in [0.5, 0.6) is 0 Å². The second kappa shape index (κ2) is 6.37. The van der Waals surface area contributed by atoms with Crippen LogP contribution in [0.1, 0.15) is 33.6 Å². The van der Waals surface area contributed by atoms with Crippen molar-refractivity contribution in [3.8, 4) is 0 Å². The zero-order valence-electron chi connectivity index (χ0n) is 9.29. The Balaban J connectivity index is 3.63. The molecule has 0 aliphatic rings. The molecule has 0 heterocycles. The SMILES string of the molecule is CCC(NCCCS(N)(=O)=O)C(C)C. The Hall–Kier alpha value is -0.130. The van der Waals surface area contributed by atoms with Crippen molar-refractivity contribution in [2.45, 2.75) is 39.7 Å². The zero-order chi connectivity index (χ0) is 11.2. The van der Waals surface area contributed by atoms with E-state index >= 15 is 0 Å². The average molecular weight is 222 g/mol. The maximum absolute atomic E-state index is 10.6. The predicted octanol–water partition coefficient (Wildman–Crippen LogP) is 0.689. The van der Waals surface area contributed by atoms with Gasteiger partial charge in [0, 0.05) is 6.04 Å². The van der Waals surface area contributed by atoms with Crippen LogP contribution in [0.15, 0.2) is 0 Å². The molecule has 0 saturated heterocycles. The lowest BCUT2D eigenvalue weighted by molar-refractivity contribution is 0.390. The summed E-state index contributed by atoms with van der Waals surface area (Å²) in [6.45, 7) is 7.14. The fourth-order valence-electron chi connectivity index (χ4n) is 1.41. The molecule has 0 radical (unpaired) electrons. The van der Waals surface area contributed by atoms with Crippen molar-refractivity contribution in [3.05, 3.63) is 0 Å². The molecule has 0 aromatic heterocycles. The number of hydrogen-bond donors (Lipinski definition) is 2. The monoisotopic (exact) mass is 222 g/mol. The maximum Gasteiger partial charge on any atom is 0.209 e. The van der Waals surface area contributed by atoms with E-state index in [1.807, 2.05) is 0 Å². The lowest BCUT2D eigenvalue weighted by atomic mass is 10.0. The van der Waals surface area contributed by atoms with E-state index < -0.39 is 10.0 Å². The van der Waals surface area contributed by atoms with Crippen molar-refractivity contribution in [1.82, 2.24) is 5.32 Å². The number of nitrogens with two attached hydrogens (primary N) is 1. The number of nitrogens with one attached hydrogen (secondary N) is 1. The molecule has 3 N–H and O–H groups in total. The zero-order valence-corrected chi connectivity index (χ0v) is 10.1. The van der Waals surface area contributed by atoms with Gasteiger partial charge in [-0.05, 0) is 25.3 Å². The number of hydrogen-bond acceptors (Lipinski definition) is 3. The molecule has 86 valence electrons. The van der Waals surface area contributed by atoms with E-state index in [0.29, 0.717) is 24.9 Å². The molecule has 14 heavy (non-hydrogen) atoms. The summed E-state index contributed by atoms with van der Waals surface area (Å²) < 4.78 is 21.3. The topological polar surface area (TPSA) is 72.2 Å². The van der Waals surface area contributed by atoms with Crippen LogP contribution >= 0.6 is 0 Å². The van der Waals surface area contributed by atoms with Crippen molar-refractivity contribution in [1.29, 1.82) is 0 Å². The lowest BCUT2D eigenvalue weighted by Gasteiger charge is -2.20. The average Bonchev–Trinajstić information content (AvgIpc) is 2.01. The molecular weight excluding hydrogens is 200 g/mol. The number of sulfonamides is 1. The van der Waals surface area contributed by atoms with Crippen LogP contribution in [-0.4, -0.2) is 26.8 Å². The Kier molecular flexibility index (Phi) is 6.31. The first kappa shape index (κ1) is 13.9. The van der Waals surface area contributed by atoms with Crippen molar-refractivity contribution in [2.24, 2.45) is 11.1 Å². The fraction of sp³-hybridized carbons (Fsp3) is 1.00. The first-order chi connectivity index (χ1) is 6.37. The fourth-order valence-corrected chi connectivity index (χ4v) is 1.96. The Morgan fingerprint density at radius 3 is 2.29 bits per heavy atom. The van der Waals surface area contributed by atoms with Crippen LogP contribution in [0.3, 0.4) is 0 Å². The van der Waals surface area contributed by atoms with Crippen molar-refractivity contribution < 1.29 is 8.42 Å². The Morgan fingerprint density at radius 1 is 1.36 bits per heavy atom. The summed E-state index contributed by atoms with van der Waals surface area (Å²) in [5.74, 6) is 0.642. The van der Waals surface area contributed by atoms with E-state index in [9.17, 15) is 8.42 Å². The van der Waals surface area contributed by atoms with Gasteiger partial charge < -0.3 is 5.32 Å². The van der Waals surface area contributed by atoms with Gasteiger partial charge >= 0.3 is 0 Å². The quantitative estimate of drug-likeness (QED) is 0.622. The van der Waals surface area contributed by atoms with Gasteiger partial charge in [0.1, 0.15) is 0 Å². The second-order valence-corrected chi connectivity index (χ2v) is 5.67. The molecule has 5 heteroatoms. The molecule has 0 aromatic carbocycles. The Morgan fingerprint density at radius 2 is 1.93 bits per heavy atom. The van der Waals surface area contributed by atoms with Gasteiger partial charge in [0.05, 0.1) is 5.75 Å². The predicted molar refractivity (Wildman–Crippen MR) is 59.5 cm³/mol. The molecule has 0 aliphatic heterocycles. The lowest BCUT2D eigenvalue weighted by Crippen LogP contribution is -2.34. The van der Waals surface area contributed by atoms with E-state index in [0.717, 1.165) is 6.42 Å². The molecule has 1 unspecified atom stereocenters. The number of primary sulfonamides is 1. The normalized spacial score (nSPS) is 14.6. The second-order valence-electron chi connectivity index (χ2n) is 3.93. The Bertz CT molecular complexity index is 237. The third kappa shape index (κ3) is 7.29. The number of rotatable bonds is 7. The first-order valence-corrected chi connectivity index (χ1v) is 6.82. The summed E-state index contributed by atoms with van der Waals surface area (Å²) in [6.07, 6.45) is 1.65. The molecule has 0 saturated carbocycles. The van der Waals surface area contributed by atoms with Crippen LogP contribution in [-0.2, 0) is 10.0 Å². The third-order valence-corrected chi connectivity index (χ3v) is 3.11. The summed E-state index contributed by atoms with van der Waals surface area (Å²) in [4.78, 5) is 0. The van der Waals surface area contributed by atoms with Crippen LogP contribution < -0.4 is 10.5 Å². The highest BCUT2D eigenvalue weighted by atomic mass is 32.2. The summed E-state index contributed by atoms with van der Waals surface area (Å²) in [7, 11) is -3.29. The largest absolute Gasteiger partial charge is 0.314 e. The van der Waals surface area contributed by atoms with E-state index in [1.54, 1.807) is 0 Å². The van der Waals surface area contributed by atoms with Crippen molar-refractivity contribution in [2.75, 3.05) is 12.3 Å². The molecule has 0 aromatic rings. The van der Waals surface area contributed by atoms with Gasteiger partial charge in [0.25, 0.3) is 0 Å². The molecule has 0 fully saturated rings. The maximum atomic E-state index is 10.6. The smallest absolute Gasteiger partial charge is 0.209 e. The molecule has 0 spiro atoms. The standard InChI is InChI=1S/C9H22N2O2S/c1-4-9(8(2)3)11-6-5-7-14(10,12)13/h8-9,11H,4-7H2,1-3H3,(H2,10,12,13). The third-order valence-electron chi connectivity index (χ3n) is 2.26. The molecule has 1 atom stereocenters. The minimum atomic E-state index is -3.29. The van der Waals surface area contributed by atoms with Crippen LogP contribution in [0.4, 0.5) is 0 Å². The molecule has 0 bridgehead atoms. The summed E-state index contributed by atoms with van der Waals surface area (Å²) in [6, 6.07) is 0.468. The van der Waals surface area contributed by atoms with E-state index in [1.165, 1.54) is 0 Å².